The summed E-state index contributed by atoms with van der Waals surface area (Å²) in [6.45, 7) is 6.63. The van der Waals surface area contributed by atoms with E-state index in [-0.39, 0.29) is 31.1 Å². The molecule has 384 valence electrons. The maximum absolute atomic E-state index is 12.8. The van der Waals surface area contributed by atoms with E-state index in [0.717, 1.165) is 89.9 Å². The van der Waals surface area contributed by atoms with E-state index < -0.39 is 6.10 Å². The molecule has 0 bridgehead atoms. The van der Waals surface area contributed by atoms with Crippen molar-refractivity contribution in [1.82, 2.24) is 0 Å². The lowest BCUT2D eigenvalue weighted by atomic mass is 10.0. The van der Waals surface area contributed by atoms with Gasteiger partial charge in [0.05, 0.1) is 0 Å². The Labute approximate surface area is 409 Å². The summed E-state index contributed by atoms with van der Waals surface area (Å²) in [5, 5.41) is 0. The molecular formula is C60H108O6. The third-order valence-electron chi connectivity index (χ3n) is 12.6. The molecule has 0 saturated heterocycles. The zero-order chi connectivity index (χ0) is 47.9. The fourth-order valence-electron chi connectivity index (χ4n) is 8.21. The number of unbranched alkanes of at least 4 members (excludes halogenated alkanes) is 33. The number of allylic oxidation sites excluding steroid dienone is 8. The van der Waals surface area contributed by atoms with Crippen LogP contribution < -0.4 is 0 Å². The highest BCUT2D eigenvalue weighted by molar-refractivity contribution is 5.71. The van der Waals surface area contributed by atoms with Crippen LogP contribution in [0.15, 0.2) is 48.6 Å². The zero-order valence-electron chi connectivity index (χ0n) is 44.0. The van der Waals surface area contributed by atoms with Crippen molar-refractivity contribution in [3.8, 4) is 0 Å². The van der Waals surface area contributed by atoms with Gasteiger partial charge in [0.1, 0.15) is 13.2 Å². The summed E-state index contributed by atoms with van der Waals surface area (Å²) < 4.78 is 16.8. The maximum Gasteiger partial charge on any atom is 0.306 e. The normalized spacial score (nSPS) is 12.3. The van der Waals surface area contributed by atoms with E-state index in [9.17, 15) is 14.4 Å². The summed E-state index contributed by atoms with van der Waals surface area (Å²) >= 11 is 0. The Hall–Kier alpha value is -2.63. The number of esters is 3. The molecule has 0 rings (SSSR count). The number of ether oxygens (including phenoxy) is 3. The molecule has 0 fully saturated rings. The van der Waals surface area contributed by atoms with Crippen LogP contribution >= 0.6 is 0 Å². The van der Waals surface area contributed by atoms with Crippen LogP contribution in [0.3, 0.4) is 0 Å². The summed E-state index contributed by atoms with van der Waals surface area (Å²) in [5.41, 5.74) is 0. The molecule has 0 aromatic heterocycles. The molecule has 0 heterocycles. The van der Waals surface area contributed by atoms with Crippen LogP contribution in [0.2, 0.25) is 0 Å². The first kappa shape index (κ1) is 63.4. The molecule has 0 spiro atoms. The molecule has 0 saturated carbocycles. The quantitative estimate of drug-likeness (QED) is 0.0262. The topological polar surface area (TPSA) is 78.9 Å². The SMILES string of the molecule is CCCCCCC/C=C\C/C=C\C/C=C\CCCCCCCCC(=O)OCC(COC(=O)CCCCCCCCCCCCCC)OC(=O)CCCCCCC/C=C\CCCCCCCC. The van der Waals surface area contributed by atoms with Gasteiger partial charge in [0, 0.05) is 19.3 Å². The first-order valence-electron chi connectivity index (χ1n) is 28.6. The number of hydrogen-bond donors (Lipinski definition) is 0. The van der Waals surface area contributed by atoms with Gasteiger partial charge in [-0.05, 0) is 83.5 Å². The van der Waals surface area contributed by atoms with E-state index in [4.69, 9.17) is 14.2 Å². The van der Waals surface area contributed by atoms with Gasteiger partial charge in [-0.1, -0.05) is 243 Å². The largest absolute Gasteiger partial charge is 0.462 e. The maximum atomic E-state index is 12.8. The van der Waals surface area contributed by atoms with Gasteiger partial charge < -0.3 is 14.2 Å². The smallest absolute Gasteiger partial charge is 0.306 e. The summed E-state index contributed by atoms with van der Waals surface area (Å²) in [6.07, 6.45) is 66.7. The van der Waals surface area contributed by atoms with Crippen LogP contribution in [0.1, 0.15) is 297 Å². The fraction of sp³-hybridized carbons (Fsp3) is 0.817. The predicted molar refractivity (Wildman–Crippen MR) is 284 cm³/mol. The molecular weight excluding hydrogens is 817 g/mol. The van der Waals surface area contributed by atoms with E-state index in [1.54, 1.807) is 0 Å². The Morgan fingerprint density at radius 1 is 0.303 bits per heavy atom. The minimum atomic E-state index is -0.780. The Morgan fingerprint density at radius 3 is 0.864 bits per heavy atom. The van der Waals surface area contributed by atoms with E-state index in [1.165, 1.54) is 167 Å². The first-order valence-corrected chi connectivity index (χ1v) is 28.6. The highest BCUT2D eigenvalue weighted by Crippen LogP contribution is 2.15. The molecule has 6 heteroatoms. The van der Waals surface area contributed by atoms with Crippen LogP contribution in [0, 0.1) is 0 Å². The van der Waals surface area contributed by atoms with Gasteiger partial charge in [0.15, 0.2) is 6.10 Å². The molecule has 1 unspecified atom stereocenters. The molecule has 1 atom stereocenters. The number of carbonyl (C=O) groups is 3. The van der Waals surface area contributed by atoms with Gasteiger partial charge >= 0.3 is 17.9 Å². The van der Waals surface area contributed by atoms with E-state index in [0.29, 0.717) is 19.3 Å². The van der Waals surface area contributed by atoms with Gasteiger partial charge in [-0.3, -0.25) is 14.4 Å². The second-order valence-electron chi connectivity index (χ2n) is 19.2. The average molecular weight is 926 g/mol. The molecule has 66 heavy (non-hydrogen) atoms. The standard InChI is InChI=1S/C60H108O6/c1-4-7-10-13-16-19-22-25-27-28-29-30-31-32-34-35-38-41-44-47-50-53-59(62)65-56-57(55-64-58(61)52-49-46-43-40-37-24-21-18-15-12-9-6-3)66-60(63)54-51-48-45-42-39-36-33-26-23-20-17-14-11-8-5-2/h22,25-26,28-29,31-33,57H,4-21,23-24,27,30,34-56H2,1-3H3/b25-22-,29-28-,32-31-,33-26-. The van der Waals surface area contributed by atoms with E-state index in [2.05, 4.69) is 69.4 Å². The summed E-state index contributed by atoms with van der Waals surface area (Å²) in [4.78, 5) is 38.1. The minimum Gasteiger partial charge on any atom is -0.462 e. The van der Waals surface area contributed by atoms with Crippen molar-refractivity contribution in [2.24, 2.45) is 0 Å². The Bertz CT molecular complexity index is 1150. The van der Waals surface area contributed by atoms with Crippen molar-refractivity contribution in [1.29, 1.82) is 0 Å². The van der Waals surface area contributed by atoms with Crippen LogP contribution in [0.25, 0.3) is 0 Å². The van der Waals surface area contributed by atoms with Gasteiger partial charge in [-0.2, -0.15) is 0 Å². The third kappa shape index (κ3) is 52.3. The molecule has 0 N–H and O–H groups in total. The summed E-state index contributed by atoms with van der Waals surface area (Å²) in [7, 11) is 0. The van der Waals surface area contributed by atoms with Crippen molar-refractivity contribution in [2.75, 3.05) is 13.2 Å². The molecule has 0 aromatic rings. The highest BCUT2D eigenvalue weighted by atomic mass is 16.6. The van der Waals surface area contributed by atoms with Crippen LogP contribution in [0.4, 0.5) is 0 Å². The van der Waals surface area contributed by atoms with Crippen LogP contribution in [-0.2, 0) is 28.6 Å². The lowest BCUT2D eigenvalue weighted by Gasteiger charge is -2.18. The van der Waals surface area contributed by atoms with Crippen molar-refractivity contribution < 1.29 is 28.6 Å². The Kier molecular flexibility index (Phi) is 52.8. The number of hydrogen-bond acceptors (Lipinski definition) is 6. The Balaban J connectivity index is 4.35. The van der Waals surface area contributed by atoms with Crippen LogP contribution in [-0.4, -0.2) is 37.2 Å². The molecule has 0 aliphatic rings. The minimum absolute atomic E-state index is 0.0780. The van der Waals surface area contributed by atoms with Crippen molar-refractivity contribution >= 4 is 17.9 Å². The summed E-state index contributed by atoms with van der Waals surface area (Å²) in [5.74, 6) is -0.888. The highest BCUT2D eigenvalue weighted by Gasteiger charge is 2.19. The Morgan fingerprint density at radius 2 is 0.545 bits per heavy atom. The average Bonchev–Trinajstić information content (AvgIpc) is 3.31. The van der Waals surface area contributed by atoms with Crippen molar-refractivity contribution in [2.45, 2.75) is 303 Å². The molecule has 0 aliphatic carbocycles. The predicted octanol–water partition coefficient (Wildman–Crippen LogP) is 19.0. The molecule has 0 radical (unpaired) electrons. The van der Waals surface area contributed by atoms with Crippen molar-refractivity contribution in [3.05, 3.63) is 48.6 Å². The molecule has 0 amide bonds. The summed E-state index contributed by atoms with van der Waals surface area (Å²) in [6, 6.07) is 0. The third-order valence-corrected chi connectivity index (χ3v) is 12.6. The first-order chi connectivity index (χ1) is 32.5. The molecule has 0 aromatic carbocycles. The lowest BCUT2D eigenvalue weighted by Crippen LogP contribution is -2.30. The second kappa shape index (κ2) is 55.0. The van der Waals surface area contributed by atoms with Gasteiger partial charge in [-0.15, -0.1) is 0 Å². The van der Waals surface area contributed by atoms with Gasteiger partial charge in [-0.25, -0.2) is 0 Å². The second-order valence-corrected chi connectivity index (χ2v) is 19.2. The van der Waals surface area contributed by atoms with Gasteiger partial charge in [0.25, 0.3) is 0 Å². The van der Waals surface area contributed by atoms with Crippen LogP contribution in [0.5, 0.6) is 0 Å². The molecule has 0 aliphatic heterocycles. The lowest BCUT2D eigenvalue weighted by molar-refractivity contribution is -0.167. The van der Waals surface area contributed by atoms with E-state index >= 15 is 0 Å². The monoisotopic (exact) mass is 925 g/mol. The number of rotatable bonds is 52. The molecule has 6 nitrogen and oxygen atoms in total. The van der Waals surface area contributed by atoms with E-state index in [1.807, 2.05) is 0 Å². The van der Waals surface area contributed by atoms with Gasteiger partial charge in [0.2, 0.25) is 0 Å². The number of carbonyl (C=O) groups excluding carboxylic acids is 3. The zero-order valence-corrected chi connectivity index (χ0v) is 44.0. The van der Waals surface area contributed by atoms with Crippen molar-refractivity contribution in [3.63, 3.8) is 0 Å². The fourth-order valence-corrected chi connectivity index (χ4v) is 8.21.